The van der Waals surface area contributed by atoms with Gasteiger partial charge in [-0.3, -0.25) is 14.6 Å². The molecule has 0 radical (unpaired) electrons. The van der Waals surface area contributed by atoms with Gasteiger partial charge < -0.3 is 5.73 Å². The lowest BCUT2D eigenvalue weighted by Gasteiger charge is -2.12. The Labute approximate surface area is 123 Å². The van der Waals surface area contributed by atoms with E-state index < -0.39 is 0 Å². The number of nitrogens with two attached hydrogens (primary N) is 1. The summed E-state index contributed by atoms with van der Waals surface area (Å²) in [4.78, 5) is 12.9. The fraction of sp³-hybridized carbons (Fsp3) is 0.333. The van der Waals surface area contributed by atoms with Crippen molar-refractivity contribution in [3.8, 4) is 0 Å². The molecule has 2 heterocycles. The summed E-state index contributed by atoms with van der Waals surface area (Å²) in [6.45, 7) is 2.98. The first-order valence-electron chi connectivity index (χ1n) is 7.11. The summed E-state index contributed by atoms with van der Waals surface area (Å²) in [5, 5.41) is 4.23. The molecule has 0 bridgehead atoms. The molecule has 6 heteroatoms. The lowest BCUT2D eigenvalue weighted by atomic mass is 10.0. The molecule has 0 amide bonds. The minimum absolute atomic E-state index is 0.129. The zero-order chi connectivity index (χ0) is 14.7. The molecule has 3 rings (SSSR count). The lowest BCUT2D eigenvalue weighted by molar-refractivity contribution is 0.548. The topological polar surface area (TPSA) is 82.5 Å². The minimum Gasteiger partial charge on any atom is -0.324 e. The fourth-order valence-corrected chi connectivity index (χ4v) is 2.37. The van der Waals surface area contributed by atoms with Crippen LogP contribution in [-0.4, -0.2) is 24.7 Å². The molecule has 0 saturated carbocycles. The highest BCUT2D eigenvalue weighted by molar-refractivity contribution is 5.74. The summed E-state index contributed by atoms with van der Waals surface area (Å²) in [6, 6.07) is 5.82. The van der Waals surface area contributed by atoms with Crippen LogP contribution in [0.4, 0.5) is 0 Å². The molecule has 2 N–H and O–H groups in total. The third-order valence-electron chi connectivity index (χ3n) is 3.46. The molecule has 1 atom stereocenters. The Balaban J connectivity index is 1.83. The van der Waals surface area contributed by atoms with Crippen LogP contribution in [0.25, 0.3) is 11.0 Å². The van der Waals surface area contributed by atoms with Gasteiger partial charge in [-0.15, -0.1) is 0 Å². The molecule has 0 spiro atoms. The van der Waals surface area contributed by atoms with E-state index in [0.29, 0.717) is 6.42 Å². The molecular weight excluding hydrogens is 264 g/mol. The standard InChI is InChI=1S/C15H18N6/c1-2-7-21-15(19-10-20-21)9-12(16)11-3-4-13-14(8-11)18-6-5-17-13/h3-6,8,10,12H,2,7,9,16H2,1H3. The van der Waals surface area contributed by atoms with Crippen LogP contribution in [0.15, 0.2) is 36.9 Å². The Morgan fingerprint density at radius 3 is 2.76 bits per heavy atom. The van der Waals surface area contributed by atoms with E-state index in [4.69, 9.17) is 5.73 Å². The van der Waals surface area contributed by atoms with E-state index in [1.54, 1.807) is 18.7 Å². The average Bonchev–Trinajstić information content (AvgIpc) is 2.94. The van der Waals surface area contributed by atoms with E-state index in [9.17, 15) is 0 Å². The van der Waals surface area contributed by atoms with Crippen molar-refractivity contribution in [2.24, 2.45) is 5.73 Å². The molecule has 108 valence electrons. The van der Waals surface area contributed by atoms with Gasteiger partial charge in [0.2, 0.25) is 0 Å². The van der Waals surface area contributed by atoms with Crippen molar-refractivity contribution in [1.29, 1.82) is 0 Å². The molecule has 1 aromatic carbocycles. The Morgan fingerprint density at radius 1 is 1.14 bits per heavy atom. The predicted molar refractivity (Wildman–Crippen MR) is 80.5 cm³/mol. The lowest BCUT2D eigenvalue weighted by Crippen LogP contribution is -2.17. The maximum atomic E-state index is 6.31. The van der Waals surface area contributed by atoms with Crippen LogP contribution in [0.3, 0.4) is 0 Å². The van der Waals surface area contributed by atoms with Gasteiger partial charge in [-0.1, -0.05) is 13.0 Å². The van der Waals surface area contributed by atoms with Crippen molar-refractivity contribution in [2.75, 3.05) is 0 Å². The zero-order valence-electron chi connectivity index (χ0n) is 12.0. The van der Waals surface area contributed by atoms with Gasteiger partial charge >= 0.3 is 0 Å². The number of aryl methyl sites for hydroxylation is 1. The largest absolute Gasteiger partial charge is 0.324 e. The normalized spacial score (nSPS) is 12.7. The maximum absolute atomic E-state index is 6.31. The van der Waals surface area contributed by atoms with Crippen LogP contribution in [0, 0.1) is 0 Å². The van der Waals surface area contributed by atoms with Crippen molar-refractivity contribution in [3.63, 3.8) is 0 Å². The van der Waals surface area contributed by atoms with Crippen LogP contribution in [-0.2, 0) is 13.0 Å². The van der Waals surface area contributed by atoms with E-state index in [0.717, 1.165) is 35.4 Å². The number of aromatic nitrogens is 5. The molecule has 21 heavy (non-hydrogen) atoms. The van der Waals surface area contributed by atoms with Gasteiger partial charge in [-0.25, -0.2) is 4.98 Å². The van der Waals surface area contributed by atoms with Crippen LogP contribution < -0.4 is 5.73 Å². The molecule has 0 aliphatic rings. The van der Waals surface area contributed by atoms with Crippen molar-refractivity contribution in [3.05, 3.63) is 48.3 Å². The molecule has 1 unspecified atom stereocenters. The van der Waals surface area contributed by atoms with Crippen molar-refractivity contribution in [2.45, 2.75) is 32.4 Å². The van der Waals surface area contributed by atoms with Gasteiger partial charge in [-0.2, -0.15) is 5.10 Å². The molecule has 0 saturated heterocycles. The van der Waals surface area contributed by atoms with E-state index >= 15 is 0 Å². The quantitative estimate of drug-likeness (QED) is 0.772. The molecule has 0 aliphatic heterocycles. The van der Waals surface area contributed by atoms with Crippen molar-refractivity contribution < 1.29 is 0 Å². The highest BCUT2D eigenvalue weighted by Gasteiger charge is 2.12. The van der Waals surface area contributed by atoms with Crippen LogP contribution in [0.2, 0.25) is 0 Å². The van der Waals surface area contributed by atoms with Gasteiger partial charge in [0.1, 0.15) is 12.2 Å². The first kappa shape index (κ1) is 13.6. The highest BCUT2D eigenvalue weighted by atomic mass is 15.3. The van der Waals surface area contributed by atoms with Gasteiger partial charge in [0.15, 0.2) is 0 Å². The van der Waals surface area contributed by atoms with E-state index in [-0.39, 0.29) is 6.04 Å². The van der Waals surface area contributed by atoms with Crippen LogP contribution in [0.5, 0.6) is 0 Å². The summed E-state index contributed by atoms with van der Waals surface area (Å²) in [5.74, 6) is 0.920. The zero-order valence-corrected chi connectivity index (χ0v) is 12.0. The maximum Gasteiger partial charge on any atom is 0.138 e. The van der Waals surface area contributed by atoms with E-state index in [2.05, 4.69) is 27.0 Å². The third kappa shape index (κ3) is 2.90. The summed E-state index contributed by atoms with van der Waals surface area (Å²) in [6.07, 6.45) is 6.65. The average molecular weight is 282 g/mol. The summed E-state index contributed by atoms with van der Waals surface area (Å²) in [7, 11) is 0. The molecule has 2 aromatic heterocycles. The number of hydrogen-bond acceptors (Lipinski definition) is 5. The van der Waals surface area contributed by atoms with Gasteiger partial charge in [0.05, 0.1) is 11.0 Å². The van der Waals surface area contributed by atoms with E-state index in [1.165, 1.54) is 0 Å². The number of benzene rings is 1. The van der Waals surface area contributed by atoms with Crippen LogP contribution >= 0.6 is 0 Å². The predicted octanol–water partition coefficient (Wildman–Crippen LogP) is 1.87. The Morgan fingerprint density at radius 2 is 1.95 bits per heavy atom. The van der Waals surface area contributed by atoms with Gasteiger partial charge in [0.25, 0.3) is 0 Å². The van der Waals surface area contributed by atoms with Crippen LogP contribution in [0.1, 0.15) is 30.8 Å². The molecule has 3 aromatic rings. The summed E-state index contributed by atoms with van der Waals surface area (Å²) < 4.78 is 1.92. The Kier molecular flexibility index (Phi) is 3.87. The molecule has 0 fully saturated rings. The first-order chi connectivity index (χ1) is 10.3. The number of rotatable bonds is 5. The number of nitrogens with zero attached hydrogens (tertiary/aromatic N) is 5. The second-order valence-electron chi connectivity index (χ2n) is 5.01. The Bertz CT molecular complexity index is 736. The minimum atomic E-state index is -0.129. The van der Waals surface area contributed by atoms with Crippen molar-refractivity contribution >= 4 is 11.0 Å². The molecule has 0 aliphatic carbocycles. The van der Waals surface area contributed by atoms with E-state index in [1.807, 2.05) is 22.9 Å². The first-order valence-corrected chi connectivity index (χ1v) is 7.11. The summed E-state index contributed by atoms with van der Waals surface area (Å²) in [5.41, 5.74) is 9.09. The number of fused-ring (bicyclic) bond motifs is 1. The van der Waals surface area contributed by atoms with Crippen molar-refractivity contribution in [1.82, 2.24) is 24.7 Å². The number of hydrogen-bond donors (Lipinski definition) is 1. The second-order valence-corrected chi connectivity index (χ2v) is 5.01. The fourth-order valence-electron chi connectivity index (χ4n) is 2.37. The third-order valence-corrected chi connectivity index (χ3v) is 3.46. The SMILES string of the molecule is CCCn1ncnc1CC(N)c1ccc2nccnc2c1. The monoisotopic (exact) mass is 282 g/mol. The molecule has 6 nitrogen and oxygen atoms in total. The van der Waals surface area contributed by atoms with Gasteiger partial charge in [-0.05, 0) is 24.1 Å². The molecular formula is C15H18N6. The Hall–Kier alpha value is -2.34. The smallest absolute Gasteiger partial charge is 0.138 e. The van der Waals surface area contributed by atoms with Gasteiger partial charge in [0, 0.05) is 31.4 Å². The second kappa shape index (κ2) is 5.97. The summed E-state index contributed by atoms with van der Waals surface area (Å²) >= 11 is 0. The highest BCUT2D eigenvalue weighted by Crippen LogP contribution is 2.18.